The topological polar surface area (TPSA) is 73.1 Å². The first-order chi connectivity index (χ1) is 15.8. The number of rotatable bonds is 9. The Balaban J connectivity index is 0.00000306. The number of carbonyl (C=O) groups is 1. The molecule has 180 valence electrons. The van der Waals surface area contributed by atoms with Gasteiger partial charge in [0, 0.05) is 31.7 Å². The predicted octanol–water partition coefficient (Wildman–Crippen LogP) is 3.96. The van der Waals surface area contributed by atoms with Crippen molar-refractivity contribution >= 4 is 41.5 Å². The first-order valence-corrected chi connectivity index (χ1v) is 11.9. The fourth-order valence-corrected chi connectivity index (χ4v) is 4.62. The number of fused-ring (bicyclic) bond motifs is 1. The number of para-hydroxylation sites is 1. The maximum atomic E-state index is 12.7. The highest BCUT2D eigenvalue weighted by atomic mass is 127. The SMILES string of the molecule is CCNC(=NCC(c1ccco1)N1CCCC1)NCCCC(=O)N1CCc2ccccc21.I. The Labute approximate surface area is 214 Å². The van der Waals surface area contributed by atoms with E-state index < -0.39 is 0 Å². The fraction of sp³-hybridized carbons (Fsp3) is 0.520. The summed E-state index contributed by atoms with van der Waals surface area (Å²) < 4.78 is 5.71. The summed E-state index contributed by atoms with van der Waals surface area (Å²) in [5.74, 6) is 1.97. The molecule has 8 heteroatoms. The van der Waals surface area contributed by atoms with E-state index in [4.69, 9.17) is 9.41 Å². The van der Waals surface area contributed by atoms with Gasteiger partial charge in [-0.05, 0) is 69.5 Å². The summed E-state index contributed by atoms with van der Waals surface area (Å²) in [5.41, 5.74) is 2.34. The number of benzene rings is 1. The molecule has 2 N–H and O–H groups in total. The molecular formula is C25H36IN5O2. The van der Waals surface area contributed by atoms with E-state index in [0.717, 1.165) is 56.4 Å². The van der Waals surface area contributed by atoms with Crippen LogP contribution in [-0.2, 0) is 11.2 Å². The van der Waals surface area contributed by atoms with Gasteiger partial charge >= 0.3 is 0 Å². The normalized spacial score (nSPS) is 16.9. The van der Waals surface area contributed by atoms with Crippen LogP contribution in [0.15, 0.2) is 52.1 Å². The highest BCUT2D eigenvalue weighted by molar-refractivity contribution is 14.0. The first-order valence-electron chi connectivity index (χ1n) is 11.9. The van der Waals surface area contributed by atoms with Crippen LogP contribution in [-0.4, -0.2) is 56.0 Å². The number of amides is 1. The third-order valence-corrected chi connectivity index (χ3v) is 6.27. The molecule has 0 spiro atoms. The van der Waals surface area contributed by atoms with Crippen LogP contribution in [0.3, 0.4) is 0 Å². The molecule has 3 heterocycles. The highest BCUT2D eigenvalue weighted by Crippen LogP contribution is 2.28. The molecule has 2 aliphatic rings. The monoisotopic (exact) mass is 565 g/mol. The van der Waals surface area contributed by atoms with Crippen molar-refractivity contribution < 1.29 is 9.21 Å². The lowest BCUT2D eigenvalue weighted by Crippen LogP contribution is -2.39. The van der Waals surface area contributed by atoms with Gasteiger partial charge in [-0.1, -0.05) is 18.2 Å². The quantitative estimate of drug-likeness (QED) is 0.209. The molecule has 2 aromatic rings. The van der Waals surface area contributed by atoms with Gasteiger partial charge in [-0.25, -0.2) is 0 Å². The molecule has 1 amide bonds. The second-order valence-electron chi connectivity index (χ2n) is 8.45. The molecule has 7 nitrogen and oxygen atoms in total. The number of nitrogens with zero attached hydrogens (tertiary/aromatic N) is 3. The van der Waals surface area contributed by atoms with E-state index >= 15 is 0 Å². The average molecular weight is 566 g/mol. The van der Waals surface area contributed by atoms with Gasteiger partial charge in [-0.2, -0.15) is 0 Å². The van der Waals surface area contributed by atoms with E-state index in [2.05, 4.69) is 28.5 Å². The smallest absolute Gasteiger partial charge is 0.227 e. The third-order valence-electron chi connectivity index (χ3n) is 6.27. The Kier molecular flexibility index (Phi) is 10.1. The highest BCUT2D eigenvalue weighted by Gasteiger charge is 2.26. The van der Waals surface area contributed by atoms with Crippen LogP contribution in [0.5, 0.6) is 0 Å². The molecule has 33 heavy (non-hydrogen) atoms. The van der Waals surface area contributed by atoms with Gasteiger partial charge < -0.3 is 20.0 Å². The second-order valence-corrected chi connectivity index (χ2v) is 8.45. The Morgan fingerprint density at radius 2 is 1.94 bits per heavy atom. The Morgan fingerprint density at radius 1 is 1.12 bits per heavy atom. The van der Waals surface area contributed by atoms with Crippen LogP contribution >= 0.6 is 24.0 Å². The number of carbonyl (C=O) groups excluding carboxylic acids is 1. The summed E-state index contributed by atoms with van der Waals surface area (Å²) in [4.78, 5) is 21.9. The van der Waals surface area contributed by atoms with Gasteiger partial charge in [0.25, 0.3) is 0 Å². The Morgan fingerprint density at radius 3 is 2.70 bits per heavy atom. The number of anilines is 1. The van der Waals surface area contributed by atoms with Crippen LogP contribution in [0.4, 0.5) is 5.69 Å². The lowest BCUT2D eigenvalue weighted by molar-refractivity contribution is -0.118. The number of nitrogens with one attached hydrogen (secondary N) is 2. The van der Waals surface area contributed by atoms with Crippen LogP contribution in [0.2, 0.25) is 0 Å². The van der Waals surface area contributed by atoms with Gasteiger partial charge in [-0.15, -0.1) is 24.0 Å². The second kappa shape index (κ2) is 13.0. The number of likely N-dealkylation sites (tertiary alicyclic amines) is 1. The number of hydrogen-bond donors (Lipinski definition) is 2. The minimum absolute atomic E-state index is 0. The minimum Gasteiger partial charge on any atom is -0.468 e. The molecule has 1 atom stereocenters. The summed E-state index contributed by atoms with van der Waals surface area (Å²) in [6, 6.07) is 12.4. The summed E-state index contributed by atoms with van der Waals surface area (Å²) >= 11 is 0. The van der Waals surface area contributed by atoms with Gasteiger partial charge in [0.2, 0.25) is 5.91 Å². The van der Waals surface area contributed by atoms with E-state index in [0.29, 0.717) is 19.5 Å². The van der Waals surface area contributed by atoms with E-state index in [9.17, 15) is 4.79 Å². The van der Waals surface area contributed by atoms with Crippen molar-refractivity contribution in [3.8, 4) is 0 Å². The van der Waals surface area contributed by atoms with E-state index in [1.165, 1.54) is 18.4 Å². The van der Waals surface area contributed by atoms with Crippen LogP contribution in [0.25, 0.3) is 0 Å². The largest absolute Gasteiger partial charge is 0.468 e. The number of guanidine groups is 1. The molecule has 0 radical (unpaired) electrons. The Hall–Kier alpha value is -2.07. The summed E-state index contributed by atoms with van der Waals surface area (Å²) in [5, 5.41) is 6.72. The Bertz CT molecular complexity index is 896. The van der Waals surface area contributed by atoms with E-state index in [-0.39, 0.29) is 35.9 Å². The van der Waals surface area contributed by atoms with Crippen molar-refractivity contribution in [2.24, 2.45) is 4.99 Å². The molecule has 0 saturated carbocycles. The zero-order chi connectivity index (χ0) is 22.2. The zero-order valence-electron chi connectivity index (χ0n) is 19.5. The lowest BCUT2D eigenvalue weighted by Gasteiger charge is -2.24. The average Bonchev–Trinajstić information content (AvgIpc) is 3.58. The molecule has 1 unspecified atom stereocenters. The van der Waals surface area contributed by atoms with Gasteiger partial charge in [0.1, 0.15) is 5.76 Å². The zero-order valence-corrected chi connectivity index (χ0v) is 21.8. The van der Waals surface area contributed by atoms with Crippen molar-refractivity contribution in [2.45, 2.75) is 45.1 Å². The fourth-order valence-electron chi connectivity index (χ4n) is 4.62. The molecule has 1 aromatic carbocycles. The van der Waals surface area contributed by atoms with Crippen molar-refractivity contribution in [2.75, 3.05) is 44.2 Å². The van der Waals surface area contributed by atoms with Crippen LogP contribution < -0.4 is 15.5 Å². The van der Waals surface area contributed by atoms with E-state index in [1.54, 1.807) is 6.26 Å². The van der Waals surface area contributed by atoms with Crippen molar-refractivity contribution in [1.82, 2.24) is 15.5 Å². The summed E-state index contributed by atoms with van der Waals surface area (Å²) in [6.45, 7) is 7.19. The van der Waals surface area contributed by atoms with Crippen molar-refractivity contribution in [3.05, 3.63) is 54.0 Å². The standard InChI is InChI=1S/C25H35N5O2.HI/c1-2-26-25(28-19-22(23-11-8-18-32-23)29-15-5-6-16-29)27-14-7-12-24(31)30-17-13-20-9-3-4-10-21(20)30;/h3-4,8-11,18,22H,2,5-7,12-17,19H2,1H3,(H2,26,27,28);1H. The number of halogens is 1. The number of furan rings is 1. The summed E-state index contributed by atoms with van der Waals surface area (Å²) in [7, 11) is 0. The van der Waals surface area contributed by atoms with Crippen LogP contribution in [0, 0.1) is 0 Å². The molecule has 1 fully saturated rings. The number of aliphatic imine (C=N–C) groups is 1. The first kappa shape index (κ1) is 25.6. The van der Waals surface area contributed by atoms with Crippen LogP contribution in [0.1, 0.15) is 50.0 Å². The number of hydrogen-bond acceptors (Lipinski definition) is 4. The van der Waals surface area contributed by atoms with Gasteiger partial charge in [0.15, 0.2) is 5.96 Å². The third kappa shape index (κ3) is 6.72. The molecule has 1 saturated heterocycles. The van der Waals surface area contributed by atoms with Gasteiger partial charge in [-0.3, -0.25) is 14.7 Å². The minimum atomic E-state index is 0. The molecule has 0 aliphatic carbocycles. The van der Waals surface area contributed by atoms with E-state index in [1.807, 2.05) is 35.2 Å². The molecular weight excluding hydrogens is 529 g/mol. The van der Waals surface area contributed by atoms with Crippen molar-refractivity contribution in [1.29, 1.82) is 0 Å². The van der Waals surface area contributed by atoms with Gasteiger partial charge in [0.05, 0.1) is 18.8 Å². The molecule has 4 rings (SSSR count). The van der Waals surface area contributed by atoms with Crippen molar-refractivity contribution in [3.63, 3.8) is 0 Å². The maximum absolute atomic E-state index is 12.7. The predicted molar refractivity (Wildman–Crippen MR) is 143 cm³/mol. The maximum Gasteiger partial charge on any atom is 0.227 e. The molecule has 0 bridgehead atoms. The molecule has 1 aromatic heterocycles. The lowest BCUT2D eigenvalue weighted by atomic mass is 10.2. The molecule has 2 aliphatic heterocycles. The summed E-state index contributed by atoms with van der Waals surface area (Å²) in [6.07, 6.45) is 6.45.